The molecule has 1 unspecified atom stereocenters. The van der Waals surface area contributed by atoms with Crippen LogP contribution in [0.2, 0.25) is 0 Å². The van der Waals surface area contributed by atoms with E-state index in [4.69, 9.17) is 15.0 Å². The van der Waals surface area contributed by atoms with Crippen LogP contribution < -0.4 is 0 Å². The third-order valence-electron chi connectivity index (χ3n) is 10.2. The van der Waals surface area contributed by atoms with Crippen molar-refractivity contribution in [3.05, 3.63) is 169 Å². The van der Waals surface area contributed by atoms with Crippen LogP contribution in [-0.2, 0) is 0 Å². The van der Waals surface area contributed by atoms with Gasteiger partial charge in [0.1, 0.15) is 0 Å². The van der Waals surface area contributed by atoms with E-state index in [9.17, 15) is 0 Å². The molecular formula is C45H36N4. The van der Waals surface area contributed by atoms with Crippen molar-refractivity contribution in [3.63, 3.8) is 0 Å². The molecule has 4 heteroatoms. The Labute approximate surface area is 286 Å². The number of hydrogen-bond donors (Lipinski definition) is 0. The van der Waals surface area contributed by atoms with Gasteiger partial charge in [0.15, 0.2) is 17.5 Å². The molecule has 1 fully saturated rings. The van der Waals surface area contributed by atoms with Gasteiger partial charge in [-0.2, -0.15) is 0 Å². The molecule has 236 valence electrons. The van der Waals surface area contributed by atoms with Crippen molar-refractivity contribution in [2.75, 3.05) is 0 Å². The lowest BCUT2D eigenvalue weighted by Crippen LogP contribution is -2.16. The Morgan fingerprint density at radius 2 is 0.776 bits per heavy atom. The van der Waals surface area contributed by atoms with Crippen LogP contribution in [0.3, 0.4) is 0 Å². The van der Waals surface area contributed by atoms with Crippen LogP contribution in [-0.4, -0.2) is 19.5 Å². The van der Waals surface area contributed by atoms with E-state index in [-0.39, 0.29) is 0 Å². The molecule has 2 aromatic heterocycles. The normalized spacial score (nSPS) is 16.2. The highest BCUT2D eigenvalue weighted by Crippen LogP contribution is 2.45. The Kier molecular flexibility index (Phi) is 7.55. The van der Waals surface area contributed by atoms with Crippen LogP contribution >= 0.6 is 0 Å². The van der Waals surface area contributed by atoms with Crippen molar-refractivity contribution < 1.29 is 0 Å². The van der Waals surface area contributed by atoms with Crippen LogP contribution in [0.15, 0.2) is 158 Å². The van der Waals surface area contributed by atoms with E-state index in [1.807, 2.05) is 36.4 Å². The van der Waals surface area contributed by atoms with Gasteiger partial charge < -0.3 is 4.57 Å². The number of para-hydroxylation sites is 2. The van der Waals surface area contributed by atoms with E-state index in [1.54, 1.807) is 0 Å². The molecule has 0 N–H and O–H groups in total. The van der Waals surface area contributed by atoms with Crippen LogP contribution in [0.1, 0.15) is 48.6 Å². The number of nitrogens with zero attached hydrogens (tertiary/aromatic N) is 4. The summed E-state index contributed by atoms with van der Waals surface area (Å²) >= 11 is 0. The van der Waals surface area contributed by atoms with Crippen LogP contribution in [0.4, 0.5) is 0 Å². The molecule has 49 heavy (non-hydrogen) atoms. The summed E-state index contributed by atoms with van der Waals surface area (Å²) in [6.07, 6.45) is 4.93. The summed E-state index contributed by atoms with van der Waals surface area (Å²) in [5.41, 5.74) is 9.48. The van der Waals surface area contributed by atoms with E-state index in [1.165, 1.54) is 64.3 Å². The SMILES string of the molecule is c1ccc(-c2nc(-c3ccccc3)nc(-c3ccc(C4CCCC[C@@H]4c4ccc(-n5c6ccccc6c6ccccc65)cc4)cc3)n2)cc1. The van der Waals surface area contributed by atoms with Gasteiger partial charge in [0.05, 0.1) is 11.0 Å². The Morgan fingerprint density at radius 3 is 1.24 bits per heavy atom. The van der Waals surface area contributed by atoms with Gasteiger partial charge in [-0.1, -0.05) is 146 Å². The number of benzene rings is 6. The van der Waals surface area contributed by atoms with E-state index in [2.05, 4.69) is 126 Å². The van der Waals surface area contributed by atoms with Gasteiger partial charge in [-0.15, -0.1) is 0 Å². The number of hydrogen-bond acceptors (Lipinski definition) is 3. The maximum atomic E-state index is 4.95. The summed E-state index contributed by atoms with van der Waals surface area (Å²) in [4.78, 5) is 14.8. The first kappa shape index (κ1) is 29.3. The van der Waals surface area contributed by atoms with E-state index in [0.29, 0.717) is 29.3 Å². The third kappa shape index (κ3) is 5.49. The van der Waals surface area contributed by atoms with E-state index >= 15 is 0 Å². The second-order valence-electron chi connectivity index (χ2n) is 13.1. The third-order valence-corrected chi connectivity index (χ3v) is 10.2. The van der Waals surface area contributed by atoms with Crippen LogP contribution in [0.5, 0.6) is 0 Å². The molecule has 6 aromatic carbocycles. The van der Waals surface area contributed by atoms with Crippen molar-refractivity contribution in [2.45, 2.75) is 37.5 Å². The van der Waals surface area contributed by atoms with Crippen molar-refractivity contribution in [2.24, 2.45) is 0 Å². The quantitative estimate of drug-likeness (QED) is 0.183. The van der Waals surface area contributed by atoms with Crippen molar-refractivity contribution >= 4 is 21.8 Å². The second-order valence-corrected chi connectivity index (χ2v) is 13.1. The molecule has 4 nitrogen and oxygen atoms in total. The standard InChI is InChI=1S/C45H36N4/c1-3-13-33(14-4-1)43-46-44(34-15-5-2-6-16-34)48-45(47-43)35-25-23-31(24-26-35)37-17-7-8-18-38(37)32-27-29-36(30-28-32)49-41-21-11-9-19-39(41)40-20-10-12-22-42(40)49/h1-6,9-16,19-30,37-38H,7-8,17-18H2/t37?,38-/m1/s1. The minimum Gasteiger partial charge on any atom is -0.309 e. The average molecular weight is 633 g/mol. The molecule has 0 aliphatic heterocycles. The van der Waals surface area contributed by atoms with Gasteiger partial charge in [-0.25, -0.2) is 15.0 Å². The highest BCUT2D eigenvalue weighted by atomic mass is 15.0. The molecule has 0 radical (unpaired) electrons. The van der Waals surface area contributed by atoms with Crippen molar-refractivity contribution in [1.82, 2.24) is 19.5 Å². The first-order valence-electron chi connectivity index (χ1n) is 17.4. The average Bonchev–Trinajstić information content (AvgIpc) is 3.53. The number of fused-ring (bicyclic) bond motifs is 3. The lowest BCUT2D eigenvalue weighted by atomic mass is 9.72. The zero-order chi connectivity index (χ0) is 32.6. The molecule has 2 atom stereocenters. The van der Waals surface area contributed by atoms with E-state index < -0.39 is 0 Å². The first-order valence-corrected chi connectivity index (χ1v) is 17.4. The van der Waals surface area contributed by atoms with Crippen molar-refractivity contribution in [3.8, 4) is 39.9 Å². The van der Waals surface area contributed by atoms with Gasteiger partial charge in [-0.05, 0) is 60.1 Å². The molecule has 1 aliphatic carbocycles. The van der Waals surface area contributed by atoms with Gasteiger partial charge in [0, 0.05) is 33.2 Å². The molecule has 0 saturated heterocycles. The minimum atomic E-state index is 0.472. The van der Waals surface area contributed by atoms with Crippen molar-refractivity contribution in [1.29, 1.82) is 0 Å². The predicted octanol–water partition coefficient (Wildman–Crippen LogP) is 11.4. The summed E-state index contributed by atoms with van der Waals surface area (Å²) in [5, 5.41) is 2.59. The molecule has 0 amide bonds. The van der Waals surface area contributed by atoms with Gasteiger partial charge >= 0.3 is 0 Å². The van der Waals surface area contributed by atoms with Gasteiger partial charge in [0.2, 0.25) is 0 Å². The zero-order valence-electron chi connectivity index (χ0n) is 27.3. The highest BCUT2D eigenvalue weighted by Gasteiger charge is 2.28. The molecule has 0 spiro atoms. The smallest absolute Gasteiger partial charge is 0.164 e. The fourth-order valence-corrected chi connectivity index (χ4v) is 7.82. The second kappa shape index (κ2) is 12.6. The Hall–Kier alpha value is -5.87. The summed E-state index contributed by atoms with van der Waals surface area (Å²) < 4.78 is 2.40. The molecule has 0 bridgehead atoms. The van der Waals surface area contributed by atoms with Crippen LogP contribution in [0, 0.1) is 0 Å². The lowest BCUT2D eigenvalue weighted by Gasteiger charge is -2.32. The lowest BCUT2D eigenvalue weighted by molar-refractivity contribution is 0.386. The highest BCUT2D eigenvalue weighted by molar-refractivity contribution is 6.09. The van der Waals surface area contributed by atoms with Crippen LogP contribution in [0.25, 0.3) is 61.7 Å². The topological polar surface area (TPSA) is 43.6 Å². The zero-order valence-corrected chi connectivity index (χ0v) is 27.3. The molecule has 2 heterocycles. The molecular weight excluding hydrogens is 597 g/mol. The molecule has 8 aromatic rings. The maximum absolute atomic E-state index is 4.95. The summed E-state index contributed by atoms with van der Waals surface area (Å²) in [6.45, 7) is 0. The fourth-order valence-electron chi connectivity index (χ4n) is 7.82. The minimum absolute atomic E-state index is 0.472. The summed E-state index contributed by atoms with van der Waals surface area (Å²) in [6, 6.07) is 56.2. The molecule has 1 aliphatic rings. The Morgan fingerprint density at radius 1 is 0.388 bits per heavy atom. The maximum Gasteiger partial charge on any atom is 0.164 e. The fraction of sp³-hybridized carbons (Fsp3) is 0.133. The predicted molar refractivity (Wildman–Crippen MR) is 201 cm³/mol. The van der Waals surface area contributed by atoms with Gasteiger partial charge in [0.25, 0.3) is 0 Å². The largest absolute Gasteiger partial charge is 0.309 e. The van der Waals surface area contributed by atoms with E-state index in [0.717, 1.165) is 16.7 Å². The first-order chi connectivity index (χ1) is 24.3. The number of aromatic nitrogens is 4. The molecule has 1 saturated carbocycles. The Bertz CT molecular complexity index is 2270. The summed E-state index contributed by atoms with van der Waals surface area (Å²) in [7, 11) is 0. The summed E-state index contributed by atoms with van der Waals surface area (Å²) in [5.74, 6) is 3.02. The van der Waals surface area contributed by atoms with Gasteiger partial charge in [-0.3, -0.25) is 0 Å². The number of rotatable bonds is 6. The molecule has 9 rings (SSSR count). The monoisotopic (exact) mass is 632 g/mol. The Balaban J connectivity index is 1.03.